The highest BCUT2D eigenvalue weighted by Gasteiger charge is 2.06. The molecule has 0 saturated heterocycles. The summed E-state index contributed by atoms with van der Waals surface area (Å²) in [6.45, 7) is 0.143. The Hall–Kier alpha value is -1.89. The van der Waals surface area contributed by atoms with Crippen molar-refractivity contribution >= 4 is 16.5 Å². The van der Waals surface area contributed by atoms with Crippen molar-refractivity contribution in [3.8, 4) is 0 Å². The van der Waals surface area contributed by atoms with Gasteiger partial charge in [0.1, 0.15) is 5.56 Å². The molecule has 0 unspecified atom stereocenters. The number of nitrogens with one attached hydrogen (secondary N) is 1. The van der Waals surface area contributed by atoms with E-state index >= 15 is 0 Å². The zero-order valence-electron chi connectivity index (χ0n) is 8.25. The highest BCUT2D eigenvalue weighted by Crippen LogP contribution is 1.91. The highest BCUT2D eigenvalue weighted by molar-refractivity contribution is 7.76. The summed E-state index contributed by atoms with van der Waals surface area (Å²) in [5.74, 6) is -0.785. The monoisotopic (exact) mass is 240 g/mol. The van der Waals surface area contributed by atoms with Crippen LogP contribution in [0.1, 0.15) is 10.4 Å². The van der Waals surface area contributed by atoms with Gasteiger partial charge in [-0.05, 0) is 12.1 Å². The Bertz CT molecular complexity index is 549. The summed E-state index contributed by atoms with van der Waals surface area (Å²) in [5.41, 5.74) is 4.41. The molecule has 0 aromatic carbocycles. The molecule has 0 radical (unpaired) electrons. The Balaban J connectivity index is 3.03. The zero-order chi connectivity index (χ0) is 12.1. The van der Waals surface area contributed by atoms with E-state index in [1.807, 2.05) is 0 Å². The van der Waals surface area contributed by atoms with Gasteiger partial charge < -0.3 is 19.3 Å². The molecule has 86 valence electrons. The zero-order valence-corrected chi connectivity index (χ0v) is 9.07. The number of primary amides is 1. The molecule has 0 fully saturated rings. The van der Waals surface area contributed by atoms with Gasteiger partial charge in [0.2, 0.25) is 0 Å². The van der Waals surface area contributed by atoms with Crippen LogP contribution in [0, 0.1) is 4.78 Å². The second kappa shape index (κ2) is 5.26. The molecule has 0 spiro atoms. The third kappa shape index (κ3) is 3.06. The van der Waals surface area contributed by atoms with Crippen molar-refractivity contribution in [2.45, 2.75) is 6.54 Å². The van der Waals surface area contributed by atoms with Crippen molar-refractivity contribution in [1.29, 1.82) is 4.78 Å². The number of hydrogen-bond acceptors (Lipinski definition) is 5. The first kappa shape index (κ1) is 12.2. The van der Waals surface area contributed by atoms with Crippen molar-refractivity contribution in [3.63, 3.8) is 0 Å². The predicted molar refractivity (Wildman–Crippen MR) is 59.1 cm³/mol. The van der Waals surface area contributed by atoms with E-state index in [1.165, 1.54) is 29.0 Å². The molecule has 1 heterocycles. The second-order valence-corrected chi connectivity index (χ2v) is 3.78. The van der Waals surface area contributed by atoms with E-state index < -0.39 is 22.1 Å². The lowest BCUT2D eigenvalue weighted by Crippen LogP contribution is -2.28. The van der Waals surface area contributed by atoms with Crippen molar-refractivity contribution in [2.24, 2.45) is 5.73 Å². The Morgan fingerprint density at radius 3 is 2.88 bits per heavy atom. The maximum absolute atomic E-state index is 11.6. The van der Waals surface area contributed by atoms with Crippen molar-refractivity contribution in [1.82, 2.24) is 4.57 Å². The molecule has 1 rings (SSSR count). The number of amides is 1. The van der Waals surface area contributed by atoms with Crippen LogP contribution in [0.4, 0.5) is 0 Å². The van der Waals surface area contributed by atoms with E-state index in [4.69, 9.17) is 10.5 Å². The van der Waals surface area contributed by atoms with Gasteiger partial charge in [-0.1, -0.05) is 6.08 Å². The first-order valence-corrected chi connectivity index (χ1v) is 5.51. The number of carbonyl (C=O) groups is 1. The molecule has 0 bridgehead atoms. The minimum atomic E-state index is -1.80. The number of pyridine rings is 1. The molecular formula is C9H10N3O3S-. The fourth-order valence-electron chi connectivity index (χ4n) is 1.11. The maximum atomic E-state index is 11.6. The molecule has 0 aliphatic carbocycles. The van der Waals surface area contributed by atoms with E-state index in [0.29, 0.717) is 0 Å². The molecule has 1 amide bonds. The largest absolute Gasteiger partial charge is 0.441 e. The Morgan fingerprint density at radius 1 is 1.62 bits per heavy atom. The summed E-state index contributed by atoms with van der Waals surface area (Å²) >= 11 is 0. The fourth-order valence-corrected chi connectivity index (χ4v) is 1.37. The smallest absolute Gasteiger partial charge is 0.263 e. The minimum Gasteiger partial charge on any atom is -0.441 e. The third-order valence-electron chi connectivity index (χ3n) is 1.81. The van der Waals surface area contributed by atoms with E-state index in [1.54, 1.807) is 0 Å². The number of hydrogen-bond donors (Lipinski definition) is 2. The molecule has 7 heteroatoms. The Morgan fingerprint density at radius 2 is 2.31 bits per heavy atom. The standard InChI is InChI=1S/C9H10N3O3S/c10-8(13)7-3-1-4-12(9(7)14)5-2-6-16(11)15/h1-4,6,11H,5H2,(H2,10,13)/q-1. The van der Waals surface area contributed by atoms with Crippen molar-refractivity contribution < 1.29 is 9.00 Å². The topological polar surface area (TPSA) is 106 Å². The van der Waals surface area contributed by atoms with Gasteiger partial charge in [0.15, 0.2) is 0 Å². The van der Waals surface area contributed by atoms with Gasteiger partial charge in [0, 0.05) is 12.7 Å². The van der Waals surface area contributed by atoms with Crippen LogP contribution < -0.4 is 11.3 Å². The Labute approximate surface area is 93.4 Å². The summed E-state index contributed by atoms with van der Waals surface area (Å²) in [5, 5.41) is 1.14. The number of nitrogens with zero attached hydrogens (tertiary/aromatic N) is 1. The van der Waals surface area contributed by atoms with Crippen molar-refractivity contribution in [2.75, 3.05) is 0 Å². The normalized spacial score (nSPS) is 11.1. The van der Waals surface area contributed by atoms with E-state index in [-0.39, 0.29) is 12.1 Å². The number of allylic oxidation sites excluding steroid dienone is 1. The highest BCUT2D eigenvalue weighted by atomic mass is 32.2. The molecule has 16 heavy (non-hydrogen) atoms. The van der Waals surface area contributed by atoms with Gasteiger partial charge in [-0.2, -0.15) is 10.6 Å². The summed E-state index contributed by atoms with van der Waals surface area (Å²) in [7, 11) is -1.80. The van der Waals surface area contributed by atoms with Crippen LogP contribution in [0.2, 0.25) is 0 Å². The van der Waals surface area contributed by atoms with Crippen LogP contribution >= 0.6 is 0 Å². The van der Waals surface area contributed by atoms with Crippen LogP contribution in [0.5, 0.6) is 0 Å². The lowest BCUT2D eigenvalue weighted by Gasteiger charge is -2.03. The maximum Gasteiger partial charge on any atom is 0.263 e. The second-order valence-electron chi connectivity index (χ2n) is 2.91. The number of aromatic nitrogens is 1. The van der Waals surface area contributed by atoms with Crippen molar-refractivity contribution in [3.05, 3.63) is 45.7 Å². The van der Waals surface area contributed by atoms with Crippen LogP contribution in [-0.4, -0.2) is 10.5 Å². The number of nitrogens with two attached hydrogens (primary N) is 1. The van der Waals surface area contributed by atoms with Gasteiger partial charge in [-0.25, -0.2) is 0 Å². The summed E-state index contributed by atoms with van der Waals surface area (Å²) in [6.07, 6.45) is 2.89. The van der Waals surface area contributed by atoms with Gasteiger partial charge in [-0.15, -0.1) is 5.41 Å². The summed E-state index contributed by atoms with van der Waals surface area (Å²) in [6, 6.07) is 2.86. The number of carbonyl (C=O) groups excluding carboxylic acids is 1. The minimum absolute atomic E-state index is 0.0945. The van der Waals surface area contributed by atoms with E-state index in [9.17, 15) is 13.8 Å². The van der Waals surface area contributed by atoms with Gasteiger partial charge in [0.05, 0.1) is 0 Å². The molecule has 3 N–H and O–H groups in total. The quantitative estimate of drug-likeness (QED) is 0.733. The fraction of sp³-hybridized carbons (Fsp3) is 0.111. The first-order chi connectivity index (χ1) is 7.52. The molecule has 0 aliphatic rings. The molecule has 0 aliphatic heterocycles. The predicted octanol–water partition coefficient (Wildman–Crippen LogP) is 0.187. The first-order valence-electron chi connectivity index (χ1n) is 4.30. The third-order valence-corrected chi connectivity index (χ3v) is 2.25. The van der Waals surface area contributed by atoms with Gasteiger partial charge in [-0.3, -0.25) is 9.59 Å². The van der Waals surface area contributed by atoms with E-state index in [0.717, 1.165) is 5.41 Å². The molecule has 6 nitrogen and oxygen atoms in total. The molecular weight excluding hydrogens is 230 g/mol. The van der Waals surface area contributed by atoms with Gasteiger partial charge in [0.25, 0.3) is 11.5 Å². The van der Waals surface area contributed by atoms with Crippen LogP contribution in [-0.2, 0) is 21.3 Å². The molecule has 1 aromatic heterocycles. The average molecular weight is 240 g/mol. The molecule has 0 saturated carbocycles. The Kier molecular flexibility index (Phi) is 4.01. The SMILES string of the molecule is N=[S-](=O)C=CCn1cccc(C(N)=O)c1=O. The summed E-state index contributed by atoms with van der Waals surface area (Å²) in [4.78, 5) is 22.5. The average Bonchev–Trinajstić information content (AvgIpc) is 2.19. The van der Waals surface area contributed by atoms with Crippen LogP contribution in [0.3, 0.4) is 0 Å². The lowest BCUT2D eigenvalue weighted by molar-refractivity contribution is 0.0998. The summed E-state index contributed by atoms with van der Waals surface area (Å²) < 4.78 is 18.4. The lowest BCUT2D eigenvalue weighted by atomic mass is 10.2. The molecule has 0 atom stereocenters. The van der Waals surface area contributed by atoms with E-state index in [2.05, 4.69) is 0 Å². The van der Waals surface area contributed by atoms with Crippen LogP contribution in [0.25, 0.3) is 0 Å². The number of rotatable bonds is 4. The molecule has 1 aromatic rings. The van der Waals surface area contributed by atoms with Crippen LogP contribution in [0.15, 0.2) is 34.6 Å². The van der Waals surface area contributed by atoms with Gasteiger partial charge >= 0.3 is 0 Å².